The molecule has 0 bridgehead atoms. The number of nitrogens with one attached hydrogen (secondary N) is 1. The average molecular weight is 517 g/mol. The first-order valence-electron chi connectivity index (χ1n) is 12.1. The van der Waals surface area contributed by atoms with Gasteiger partial charge in [-0.25, -0.2) is 0 Å². The van der Waals surface area contributed by atoms with Crippen molar-refractivity contribution in [3.05, 3.63) is 70.4 Å². The van der Waals surface area contributed by atoms with Gasteiger partial charge in [-0.1, -0.05) is 37.5 Å². The molecule has 8 heteroatoms. The number of rotatable bonds is 7. The van der Waals surface area contributed by atoms with Gasteiger partial charge in [-0.05, 0) is 55.3 Å². The summed E-state index contributed by atoms with van der Waals surface area (Å²) < 4.78 is 45.1. The van der Waals surface area contributed by atoms with Gasteiger partial charge in [-0.2, -0.15) is 8.42 Å². The van der Waals surface area contributed by atoms with Gasteiger partial charge in [-0.15, -0.1) is 10.3 Å². The van der Waals surface area contributed by atoms with Gasteiger partial charge >= 0.3 is 10.2 Å². The molecule has 0 amide bonds. The summed E-state index contributed by atoms with van der Waals surface area (Å²) in [4.78, 5) is 16.8. The van der Waals surface area contributed by atoms with Crippen LogP contribution in [-0.4, -0.2) is 24.6 Å². The van der Waals surface area contributed by atoms with E-state index < -0.39 is 15.1 Å². The molecule has 0 aliphatic rings. The third-order valence-electron chi connectivity index (χ3n) is 6.57. The molecule has 2 aromatic heterocycles. The molecule has 0 saturated heterocycles. The van der Waals surface area contributed by atoms with Crippen LogP contribution in [0.4, 0.5) is 3.89 Å². The minimum atomic E-state index is -4.89. The average Bonchev–Trinajstić information content (AvgIpc) is 3.27. The van der Waals surface area contributed by atoms with E-state index in [2.05, 4.69) is 10.9 Å². The van der Waals surface area contributed by atoms with Gasteiger partial charge in [-0.3, -0.25) is 4.79 Å². The van der Waals surface area contributed by atoms with Crippen molar-refractivity contribution in [2.24, 2.45) is 0 Å². The van der Waals surface area contributed by atoms with E-state index >= 15 is 0 Å². The SMILES string of the molecule is C#Cc1ccc2c(c1)[nH]c1c2c(=O)c2cc(OCCCC)c(-c3cccc(S(=O)(=O)F)c3)cc2n1CC. The van der Waals surface area contributed by atoms with Crippen LogP contribution in [0.15, 0.2) is 64.3 Å². The number of pyridine rings is 1. The number of hydrogen-bond donors (Lipinski definition) is 1. The van der Waals surface area contributed by atoms with Gasteiger partial charge in [0.05, 0.1) is 27.8 Å². The monoisotopic (exact) mass is 516 g/mol. The van der Waals surface area contributed by atoms with Crippen LogP contribution in [-0.2, 0) is 16.8 Å². The Morgan fingerprint density at radius 1 is 1.08 bits per heavy atom. The Labute approximate surface area is 213 Å². The molecule has 0 fully saturated rings. The van der Waals surface area contributed by atoms with Crippen LogP contribution in [0.3, 0.4) is 0 Å². The lowest BCUT2D eigenvalue weighted by Gasteiger charge is -2.17. The topological polar surface area (TPSA) is 81.2 Å². The lowest BCUT2D eigenvalue weighted by atomic mass is 10.0. The first kappa shape index (κ1) is 24.6. The van der Waals surface area contributed by atoms with Gasteiger partial charge in [0.2, 0.25) is 0 Å². The fourth-order valence-electron chi connectivity index (χ4n) is 4.75. The molecule has 188 valence electrons. The molecular formula is C29H25FN2O4S. The maximum atomic E-state index is 13.8. The van der Waals surface area contributed by atoms with Crippen LogP contribution in [0.5, 0.6) is 5.75 Å². The van der Waals surface area contributed by atoms with Gasteiger partial charge in [0, 0.05) is 28.6 Å². The van der Waals surface area contributed by atoms with E-state index in [9.17, 15) is 17.1 Å². The van der Waals surface area contributed by atoms with Gasteiger partial charge < -0.3 is 14.3 Å². The second-order valence-electron chi connectivity index (χ2n) is 8.86. The van der Waals surface area contributed by atoms with E-state index in [1.807, 2.05) is 42.7 Å². The largest absolute Gasteiger partial charge is 0.493 e. The molecule has 5 rings (SSSR count). The zero-order chi connectivity index (χ0) is 26.3. The molecule has 37 heavy (non-hydrogen) atoms. The van der Waals surface area contributed by atoms with Crippen molar-refractivity contribution in [3.8, 4) is 29.2 Å². The van der Waals surface area contributed by atoms with Crippen LogP contribution in [0, 0.1) is 12.3 Å². The Balaban J connectivity index is 1.86. The number of H-pyrrole nitrogens is 1. The normalized spacial score (nSPS) is 11.8. The summed E-state index contributed by atoms with van der Waals surface area (Å²) in [5.41, 5.74) is 3.67. The number of halogens is 1. The summed E-state index contributed by atoms with van der Waals surface area (Å²) >= 11 is 0. The standard InChI is InChI=1S/C29H25FN2O4S/c1-4-7-13-36-26-17-23-25(16-22(26)19-9-8-10-20(15-19)37(30,34)35)32(6-3)29-27(28(23)33)21-12-11-18(5-2)14-24(21)31-29/h2,8-12,14-17,31H,4,6-7,13H2,1,3H3. The molecule has 0 atom stereocenters. The molecule has 1 N–H and O–H groups in total. The summed E-state index contributed by atoms with van der Waals surface area (Å²) in [5, 5.41) is 1.81. The molecular weight excluding hydrogens is 491 g/mol. The fraction of sp³-hybridized carbons (Fsp3) is 0.207. The second kappa shape index (κ2) is 9.41. The van der Waals surface area contributed by atoms with Crippen LogP contribution >= 0.6 is 0 Å². The van der Waals surface area contributed by atoms with Crippen molar-refractivity contribution in [1.82, 2.24) is 9.55 Å². The number of terminal acetylenes is 1. The summed E-state index contributed by atoms with van der Waals surface area (Å²) in [6.45, 7) is 4.99. The Morgan fingerprint density at radius 2 is 1.89 bits per heavy atom. The van der Waals surface area contributed by atoms with Crippen molar-refractivity contribution >= 4 is 43.1 Å². The highest BCUT2D eigenvalue weighted by molar-refractivity contribution is 7.86. The third kappa shape index (κ3) is 4.25. The number of aromatic nitrogens is 2. The fourth-order valence-corrected chi connectivity index (χ4v) is 5.26. The highest BCUT2D eigenvalue weighted by Gasteiger charge is 2.20. The van der Waals surface area contributed by atoms with Gasteiger partial charge in [0.15, 0.2) is 5.43 Å². The predicted molar refractivity (Wildman–Crippen MR) is 145 cm³/mol. The minimum absolute atomic E-state index is 0.151. The molecule has 0 saturated carbocycles. The highest BCUT2D eigenvalue weighted by Crippen LogP contribution is 2.37. The second-order valence-corrected chi connectivity index (χ2v) is 10.2. The van der Waals surface area contributed by atoms with E-state index in [0.29, 0.717) is 57.5 Å². The molecule has 0 aliphatic carbocycles. The lowest BCUT2D eigenvalue weighted by molar-refractivity contribution is 0.311. The molecule has 0 aliphatic heterocycles. The molecule has 0 spiro atoms. The zero-order valence-electron chi connectivity index (χ0n) is 20.5. The summed E-state index contributed by atoms with van der Waals surface area (Å²) in [5.74, 6) is 3.05. The van der Waals surface area contributed by atoms with Crippen molar-refractivity contribution in [2.45, 2.75) is 38.1 Å². The molecule has 0 unspecified atom stereocenters. The molecule has 0 radical (unpaired) electrons. The van der Waals surface area contributed by atoms with Crippen LogP contribution < -0.4 is 10.2 Å². The number of benzene rings is 3. The molecule has 3 aromatic carbocycles. The Bertz CT molecular complexity index is 1900. The first-order valence-corrected chi connectivity index (χ1v) is 13.5. The summed E-state index contributed by atoms with van der Waals surface area (Å²) in [7, 11) is -4.89. The molecule has 6 nitrogen and oxygen atoms in total. The minimum Gasteiger partial charge on any atom is -0.493 e. The predicted octanol–water partition coefficient (Wildman–Crippen LogP) is 6.14. The van der Waals surface area contributed by atoms with Gasteiger partial charge in [0.25, 0.3) is 0 Å². The Hall–Kier alpha value is -4.09. The number of unbranched alkanes of at least 4 members (excludes halogenated alkanes) is 1. The Morgan fingerprint density at radius 3 is 2.59 bits per heavy atom. The lowest BCUT2D eigenvalue weighted by Crippen LogP contribution is -2.11. The molecule has 5 aromatic rings. The van der Waals surface area contributed by atoms with Crippen molar-refractivity contribution < 1.29 is 17.0 Å². The summed E-state index contributed by atoms with van der Waals surface area (Å²) in [6.07, 6.45) is 7.29. The maximum absolute atomic E-state index is 13.8. The van der Waals surface area contributed by atoms with Crippen LogP contribution in [0.1, 0.15) is 32.3 Å². The van der Waals surface area contributed by atoms with E-state index in [1.165, 1.54) is 18.2 Å². The quantitative estimate of drug-likeness (QED) is 0.160. The number of ether oxygens (including phenoxy) is 1. The highest BCUT2D eigenvalue weighted by atomic mass is 32.3. The number of aromatic amines is 1. The first-order chi connectivity index (χ1) is 17.8. The van der Waals surface area contributed by atoms with E-state index in [4.69, 9.17) is 11.2 Å². The molecule has 2 heterocycles. The third-order valence-corrected chi connectivity index (χ3v) is 7.39. The number of aryl methyl sites for hydroxylation is 1. The van der Waals surface area contributed by atoms with Crippen molar-refractivity contribution in [3.63, 3.8) is 0 Å². The number of fused-ring (bicyclic) bond motifs is 4. The number of hydrogen-bond acceptors (Lipinski definition) is 4. The van der Waals surface area contributed by atoms with Crippen LogP contribution in [0.25, 0.3) is 44.0 Å². The zero-order valence-corrected chi connectivity index (χ0v) is 21.3. The maximum Gasteiger partial charge on any atom is 0.332 e. The van der Waals surface area contributed by atoms with Crippen molar-refractivity contribution in [2.75, 3.05) is 6.61 Å². The smallest absolute Gasteiger partial charge is 0.332 e. The van der Waals surface area contributed by atoms with Gasteiger partial charge in [0.1, 0.15) is 11.4 Å². The van der Waals surface area contributed by atoms with Crippen molar-refractivity contribution in [1.29, 1.82) is 0 Å². The Kier molecular flexibility index (Phi) is 6.26. The van der Waals surface area contributed by atoms with E-state index in [1.54, 1.807) is 12.1 Å². The summed E-state index contributed by atoms with van der Waals surface area (Å²) in [6, 6.07) is 14.7. The number of nitrogens with zero attached hydrogens (tertiary/aromatic N) is 1. The van der Waals surface area contributed by atoms with E-state index in [0.717, 1.165) is 23.7 Å². The van der Waals surface area contributed by atoms with Crippen LogP contribution in [0.2, 0.25) is 0 Å². The van der Waals surface area contributed by atoms with E-state index in [-0.39, 0.29) is 5.43 Å².